The Bertz CT molecular complexity index is 627. The Morgan fingerprint density at radius 1 is 1.25 bits per heavy atom. The molecule has 0 aliphatic carbocycles. The van der Waals surface area contributed by atoms with Gasteiger partial charge in [0.2, 0.25) is 0 Å². The van der Waals surface area contributed by atoms with E-state index >= 15 is 0 Å². The summed E-state index contributed by atoms with van der Waals surface area (Å²) in [6, 6.07) is 4.15. The van der Waals surface area contributed by atoms with Gasteiger partial charge in [-0.05, 0) is 24.6 Å². The van der Waals surface area contributed by atoms with Crippen molar-refractivity contribution < 1.29 is 23.1 Å². The van der Waals surface area contributed by atoms with Crippen LogP contribution in [0.3, 0.4) is 0 Å². The van der Waals surface area contributed by atoms with Gasteiger partial charge in [0, 0.05) is 22.8 Å². The van der Waals surface area contributed by atoms with E-state index in [1.54, 1.807) is 0 Å². The van der Waals surface area contributed by atoms with Crippen LogP contribution in [0.5, 0.6) is 0 Å². The van der Waals surface area contributed by atoms with Crippen LogP contribution >= 0.6 is 15.9 Å². The number of carboxylic acids is 1. The van der Waals surface area contributed by atoms with Crippen molar-refractivity contribution in [3.05, 3.63) is 33.8 Å². The van der Waals surface area contributed by atoms with Crippen LogP contribution in [0, 0.1) is 0 Å². The third-order valence-corrected chi connectivity index (χ3v) is 3.87. The molecule has 0 radical (unpaired) electrons. The molecule has 20 heavy (non-hydrogen) atoms. The Morgan fingerprint density at radius 2 is 1.85 bits per heavy atom. The highest BCUT2D eigenvalue weighted by atomic mass is 79.9. The quantitative estimate of drug-likeness (QED) is 0.742. The van der Waals surface area contributed by atoms with Gasteiger partial charge in [-0.1, -0.05) is 15.9 Å². The molecule has 1 rings (SSSR count). The monoisotopic (exact) mass is 363 g/mol. The van der Waals surface area contributed by atoms with E-state index in [9.17, 15) is 18.0 Å². The van der Waals surface area contributed by atoms with Crippen molar-refractivity contribution in [1.29, 1.82) is 0 Å². The van der Waals surface area contributed by atoms with Crippen molar-refractivity contribution in [3.63, 3.8) is 0 Å². The molecule has 1 aromatic carbocycles. The van der Waals surface area contributed by atoms with Gasteiger partial charge in [-0.25, -0.2) is 13.2 Å². The fraction of sp³-hybridized carbons (Fsp3) is 0.333. The van der Waals surface area contributed by atoms with Gasteiger partial charge >= 0.3 is 5.97 Å². The number of aromatic carboxylic acids is 1. The number of hydrogen-bond acceptors (Lipinski definition) is 4. The van der Waals surface area contributed by atoms with Crippen LogP contribution in [0.25, 0.3) is 0 Å². The van der Waals surface area contributed by atoms with Gasteiger partial charge in [-0.15, -0.1) is 0 Å². The van der Waals surface area contributed by atoms with Crippen molar-refractivity contribution in [2.24, 2.45) is 0 Å². The molecule has 0 bridgehead atoms. The van der Waals surface area contributed by atoms with Crippen LogP contribution in [0.4, 0.5) is 0 Å². The smallest absolute Gasteiger partial charge is 0.335 e. The van der Waals surface area contributed by atoms with Crippen molar-refractivity contribution in [1.82, 2.24) is 5.32 Å². The SMILES string of the molecule is CS(=O)(=O)CCCNC(=O)c1cc(Br)cc(C(=O)O)c1. The Kier molecular flexibility index (Phi) is 5.70. The van der Waals surface area contributed by atoms with E-state index in [2.05, 4.69) is 21.2 Å². The molecule has 0 aliphatic rings. The molecule has 0 saturated heterocycles. The average molecular weight is 364 g/mol. The number of hydrogen-bond donors (Lipinski definition) is 2. The standard InChI is InChI=1S/C12H14BrNO5S/c1-20(18,19)4-2-3-14-11(15)8-5-9(12(16)17)7-10(13)6-8/h5-7H,2-4H2,1H3,(H,14,15)(H,16,17). The summed E-state index contributed by atoms with van der Waals surface area (Å²) in [5.74, 6) is -1.58. The van der Waals surface area contributed by atoms with Crippen LogP contribution in [0.1, 0.15) is 27.1 Å². The minimum atomic E-state index is -3.05. The second-order valence-corrected chi connectivity index (χ2v) is 7.45. The summed E-state index contributed by atoms with van der Waals surface area (Å²) >= 11 is 3.13. The summed E-state index contributed by atoms with van der Waals surface area (Å²) in [5, 5.41) is 11.4. The molecule has 0 atom stereocenters. The number of benzene rings is 1. The van der Waals surface area contributed by atoms with Crippen LogP contribution in [-0.2, 0) is 9.84 Å². The fourth-order valence-corrected chi connectivity index (χ4v) is 2.64. The highest BCUT2D eigenvalue weighted by Gasteiger charge is 2.11. The lowest BCUT2D eigenvalue weighted by Crippen LogP contribution is -2.26. The molecule has 110 valence electrons. The number of carbonyl (C=O) groups is 2. The number of carboxylic acid groups (broad SMARTS) is 1. The fourth-order valence-electron chi connectivity index (χ4n) is 1.48. The molecule has 0 aromatic heterocycles. The summed E-state index contributed by atoms with van der Waals surface area (Å²) in [6.07, 6.45) is 1.44. The Balaban J connectivity index is 2.66. The first-order valence-electron chi connectivity index (χ1n) is 5.69. The maximum Gasteiger partial charge on any atom is 0.335 e. The van der Waals surface area contributed by atoms with Crippen LogP contribution in [-0.4, -0.2) is 44.0 Å². The van der Waals surface area contributed by atoms with E-state index in [1.807, 2.05) is 0 Å². The molecule has 2 N–H and O–H groups in total. The number of sulfone groups is 1. The number of amides is 1. The van der Waals surface area contributed by atoms with E-state index in [-0.39, 0.29) is 23.4 Å². The van der Waals surface area contributed by atoms with Gasteiger partial charge in [0.05, 0.1) is 11.3 Å². The minimum absolute atomic E-state index is 0.000612. The lowest BCUT2D eigenvalue weighted by atomic mass is 10.1. The first-order chi connectivity index (χ1) is 9.19. The number of rotatable bonds is 6. The Labute approximate surface area is 125 Å². The van der Waals surface area contributed by atoms with E-state index in [1.165, 1.54) is 18.2 Å². The molecular formula is C12H14BrNO5S. The average Bonchev–Trinajstić information content (AvgIpc) is 2.32. The molecule has 0 heterocycles. The van der Waals surface area contributed by atoms with Crippen molar-refractivity contribution in [2.45, 2.75) is 6.42 Å². The van der Waals surface area contributed by atoms with Gasteiger partial charge in [0.1, 0.15) is 9.84 Å². The zero-order valence-corrected chi connectivity index (χ0v) is 13.1. The molecule has 8 heteroatoms. The first kappa shape index (κ1) is 16.6. The third kappa shape index (κ3) is 5.70. The highest BCUT2D eigenvalue weighted by molar-refractivity contribution is 9.10. The molecule has 1 amide bonds. The predicted molar refractivity (Wildman–Crippen MR) is 77.8 cm³/mol. The van der Waals surface area contributed by atoms with Crippen molar-refractivity contribution in [3.8, 4) is 0 Å². The van der Waals surface area contributed by atoms with Gasteiger partial charge in [-0.3, -0.25) is 4.79 Å². The van der Waals surface area contributed by atoms with Crippen molar-refractivity contribution >= 4 is 37.6 Å². The minimum Gasteiger partial charge on any atom is -0.478 e. The Morgan fingerprint density at radius 3 is 2.40 bits per heavy atom. The van der Waals surface area contributed by atoms with Crippen LogP contribution < -0.4 is 5.32 Å². The summed E-state index contributed by atoms with van der Waals surface area (Å²) in [4.78, 5) is 22.7. The summed E-state index contributed by atoms with van der Waals surface area (Å²) in [5.41, 5.74) is 0.205. The maximum atomic E-state index is 11.8. The van der Waals surface area contributed by atoms with Crippen LogP contribution in [0.2, 0.25) is 0 Å². The second kappa shape index (κ2) is 6.85. The number of halogens is 1. The van der Waals surface area contributed by atoms with Crippen molar-refractivity contribution in [2.75, 3.05) is 18.6 Å². The van der Waals surface area contributed by atoms with E-state index in [4.69, 9.17) is 5.11 Å². The molecule has 0 aliphatic heterocycles. The lowest BCUT2D eigenvalue weighted by molar-refractivity contribution is 0.0696. The normalized spacial score (nSPS) is 11.1. The van der Waals surface area contributed by atoms with E-state index in [0.29, 0.717) is 10.9 Å². The second-order valence-electron chi connectivity index (χ2n) is 4.27. The van der Waals surface area contributed by atoms with Gasteiger partial charge in [0.15, 0.2) is 0 Å². The van der Waals surface area contributed by atoms with Gasteiger partial charge < -0.3 is 10.4 Å². The number of carbonyl (C=O) groups excluding carboxylic acids is 1. The lowest BCUT2D eigenvalue weighted by Gasteiger charge is -2.06. The molecular weight excluding hydrogens is 350 g/mol. The Hall–Kier alpha value is -1.41. The summed E-state index contributed by atoms with van der Waals surface area (Å²) < 4.78 is 22.3. The van der Waals surface area contributed by atoms with Gasteiger partial charge in [0.25, 0.3) is 5.91 Å². The van der Waals surface area contributed by atoms with Gasteiger partial charge in [-0.2, -0.15) is 0 Å². The highest BCUT2D eigenvalue weighted by Crippen LogP contribution is 2.16. The molecule has 1 aromatic rings. The topological polar surface area (TPSA) is 101 Å². The van der Waals surface area contributed by atoms with Crippen LogP contribution in [0.15, 0.2) is 22.7 Å². The molecule has 0 unspecified atom stereocenters. The summed E-state index contributed by atoms with van der Waals surface area (Å²) in [6.45, 7) is 0.209. The van der Waals surface area contributed by atoms with E-state index in [0.717, 1.165) is 6.26 Å². The molecule has 0 saturated carbocycles. The molecule has 0 spiro atoms. The zero-order chi connectivity index (χ0) is 15.3. The molecule has 6 nitrogen and oxygen atoms in total. The van der Waals surface area contributed by atoms with E-state index < -0.39 is 21.7 Å². The third-order valence-electron chi connectivity index (χ3n) is 2.38. The zero-order valence-electron chi connectivity index (χ0n) is 10.7. The first-order valence-corrected chi connectivity index (χ1v) is 8.54. The largest absolute Gasteiger partial charge is 0.478 e. The summed E-state index contributed by atoms with van der Waals surface area (Å²) in [7, 11) is -3.05. The molecule has 0 fully saturated rings. The number of nitrogens with one attached hydrogen (secondary N) is 1. The maximum absolute atomic E-state index is 11.8. The predicted octanol–water partition coefficient (Wildman–Crippen LogP) is 1.31.